The molecule has 0 aliphatic carbocycles. The smallest absolute Gasteiger partial charge is 0.232 e. The summed E-state index contributed by atoms with van der Waals surface area (Å²) in [5.74, 6) is 0.131. The highest BCUT2D eigenvalue weighted by Crippen LogP contribution is 2.26. The van der Waals surface area contributed by atoms with E-state index in [4.69, 9.17) is 16.3 Å². The average molecular weight is 352 g/mol. The van der Waals surface area contributed by atoms with E-state index in [1.54, 1.807) is 18.6 Å². The molecule has 5 nitrogen and oxygen atoms in total. The van der Waals surface area contributed by atoms with Gasteiger partial charge in [-0.2, -0.15) is 0 Å². The minimum atomic E-state index is -0.740. The zero-order valence-corrected chi connectivity index (χ0v) is 13.9. The van der Waals surface area contributed by atoms with Gasteiger partial charge in [0.1, 0.15) is 11.9 Å². The second kappa shape index (κ2) is 7.88. The first-order chi connectivity index (χ1) is 11.6. The van der Waals surface area contributed by atoms with Gasteiger partial charge in [-0.1, -0.05) is 17.7 Å². The lowest BCUT2D eigenvalue weighted by molar-refractivity contribution is 0.0591. The van der Waals surface area contributed by atoms with E-state index in [0.29, 0.717) is 18.0 Å². The minimum absolute atomic E-state index is 0.101. The van der Waals surface area contributed by atoms with Crippen LogP contribution in [-0.4, -0.2) is 45.7 Å². The molecule has 0 saturated carbocycles. The van der Waals surface area contributed by atoms with E-state index >= 15 is 0 Å². The van der Waals surface area contributed by atoms with E-state index in [1.165, 1.54) is 18.2 Å². The topological polar surface area (TPSA) is 58.5 Å². The molecule has 0 radical (unpaired) electrons. The molecule has 2 heterocycles. The molecule has 0 bridgehead atoms. The van der Waals surface area contributed by atoms with E-state index in [2.05, 4.69) is 14.9 Å². The fourth-order valence-electron chi connectivity index (χ4n) is 2.84. The van der Waals surface area contributed by atoms with Crippen molar-refractivity contribution in [1.29, 1.82) is 0 Å². The van der Waals surface area contributed by atoms with Crippen LogP contribution in [0.4, 0.5) is 4.39 Å². The monoisotopic (exact) mass is 351 g/mol. The molecule has 1 unspecified atom stereocenters. The summed E-state index contributed by atoms with van der Waals surface area (Å²) in [6, 6.07) is 4.07. The highest BCUT2D eigenvalue weighted by molar-refractivity contribution is 6.31. The zero-order valence-electron chi connectivity index (χ0n) is 13.1. The van der Waals surface area contributed by atoms with E-state index in [-0.39, 0.29) is 11.1 Å². The van der Waals surface area contributed by atoms with Crippen LogP contribution in [0.1, 0.15) is 24.5 Å². The summed E-state index contributed by atoms with van der Waals surface area (Å²) in [6.07, 6.45) is 5.87. The maximum absolute atomic E-state index is 13.1. The Hall–Kier alpha value is -1.76. The van der Waals surface area contributed by atoms with Gasteiger partial charge in [0, 0.05) is 42.6 Å². The van der Waals surface area contributed by atoms with Gasteiger partial charge in [0.2, 0.25) is 5.88 Å². The Labute approximate surface area is 145 Å². The molecule has 1 aliphatic heterocycles. The number of aromatic nitrogens is 2. The normalized spacial score (nSPS) is 17.6. The molecule has 1 saturated heterocycles. The lowest BCUT2D eigenvalue weighted by Gasteiger charge is -2.33. The third-order valence-electron chi connectivity index (χ3n) is 4.11. The van der Waals surface area contributed by atoms with Crippen LogP contribution < -0.4 is 4.74 Å². The summed E-state index contributed by atoms with van der Waals surface area (Å²) >= 11 is 6.00. The maximum Gasteiger partial charge on any atom is 0.232 e. The van der Waals surface area contributed by atoms with Crippen molar-refractivity contribution in [3.8, 4) is 5.88 Å². The Morgan fingerprint density at radius 1 is 1.33 bits per heavy atom. The van der Waals surface area contributed by atoms with Gasteiger partial charge in [0.25, 0.3) is 0 Å². The van der Waals surface area contributed by atoms with Gasteiger partial charge in [0.15, 0.2) is 0 Å². The third kappa shape index (κ3) is 4.41. The zero-order chi connectivity index (χ0) is 16.9. The van der Waals surface area contributed by atoms with Crippen molar-refractivity contribution in [2.45, 2.75) is 25.0 Å². The van der Waals surface area contributed by atoms with E-state index in [1.807, 2.05) is 0 Å². The Morgan fingerprint density at radius 2 is 2.12 bits per heavy atom. The molecule has 2 aromatic rings. The van der Waals surface area contributed by atoms with Crippen molar-refractivity contribution < 1.29 is 14.2 Å². The second-order valence-electron chi connectivity index (χ2n) is 5.84. The summed E-state index contributed by atoms with van der Waals surface area (Å²) in [6.45, 7) is 2.07. The molecule has 7 heteroatoms. The highest BCUT2D eigenvalue weighted by Gasteiger charge is 2.23. The van der Waals surface area contributed by atoms with Crippen molar-refractivity contribution in [1.82, 2.24) is 14.9 Å². The van der Waals surface area contributed by atoms with Gasteiger partial charge in [-0.15, -0.1) is 0 Å². The number of halogens is 2. The maximum atomic E-state index is 13.1. The van der Waals surface area contributed by atoms with Crippen LogP contribution in [-0.2, 0) is 0 Å². The number of rotatable bonds is 5. The third-order valence-corrected chi connectivity index (χ3v) is 4.44. The van der Waals surface area contributed by atoms with Crippen molar-refractivity contribution in [3.05, 3.63) is 53.2 Å². The summed E-state index contributed by atoms with van der Waals surface area (Å²) < 4.78 is 18.9. The Balaban J connectivity index is 1.50. The van der Waals surface area contributed by atoms with Gasteiger partial charge in [-0.3, -0.25) is 4.98 Å². The van der Waals surface area contributed by atoms with Crippen molar-refractivity contribution in [2.75, 3.05) is 19.6 Å². The van der Waals surface area contributed by atoms with Crippen LogP contribution >= 0.6 is 11.6 Å². The molecule has 1 N–H and O–H groups in total. The van der Waals surface area contributed by atoms with E-state index in [0.717, 1.165) is 25.9 Å². The van der Waals surface area contributed by atoms with Gasteiger partial charge < -0.3 is 14.7 Å². The molecule has 1 fully saturated rings. The molecule has 1 aliphatic rings. The molecule has 24 heavy (non-hydrogen) atoms. The molecule has 1 aromatic heterocycles. The van der Waals surface area contributed by atoms with Crippen molar-refractivity contribution >= 4 is 11.6 Å². The standard InChI is InChI=1S/C17H19ClFN3O2/c18-15-9-12(19)1-2-14(15)16(23)11-22-7-3-13(4-8-22)24-17-10-20-5-6-21-17/h1-2,5-6,9-10,13,16,23H,3-4,7-8,11H2. The quantitative estimate of drug-likeness (QED) is 0.897. The first-order valence-electron chi connectivity index (χ1n) is 7.90. The lowest BCUT2D eigenvalue weighted by atomic mass is 10.0. The number of β-amino-alcohol motifs (C(OH)–C–C–N with tert-alkyl or cyclic N) is 1. The minimum Gasteiger partial charge on any atom is -0.473 e. The summed E-state index contributed by atoms with van der Waals surface area (Å²) in [4.78, 5) is 10.2. The predicted molar refractivity (Wildman–Crippen MR) is 88.5 cm³/mol. The number of piperidine rings is 1. The molecule has 0 spiro atoms. The molecule has 3 rings (SSSR count). The number of hydrogen-bond donors (Lipinski definition) is 1. The van der Waals surface area contributed by atoms with Crippen LogP contribution in [0.5, 0.6) is 5.88 Å². The molecule has 1 atom stereocenters. The van der Waals surface area contributed by atoms with E-state index < -0.39 is 11.9 Å². The fraction of sp³-hybridized carbons (Fsp3) is 0.412. The predicted octanol–water partition coefficient (Wildman–Crippen LogP) is 2.85. The van der Waals surface area contributed by atoms with Crippen molar-refractivity contribution in [2.24, 2.45) is 0 Å². The number of likely N-dealkylation sites (tertiary alicyclic amines) is 1. The molecular weight excluding hydrogens is 333 g/mol. The summed E-state index contributed by atoms with van der Waals surface area (Å²) in [7, 11) is 0. The van der Waals surface area contributed by atoms with Crippen LogP contribution in [0.25, 0.3) is 0 Å². The van der Waals surface area contributed by atoms with Gasteiger partial charge in [-0.05, 0) is 25.0 Å². The van der Waals surface area contributed by atoms with Crippen LogP contribution in [0.15, 0.2) is 36.8 Å². The molecular formula is C17H19ClFN3O2. The lowest BCUT2D eigenvalue weighted by Crippen LogP contribution is -2.40. The first kappa shape index (κ1) is 17.1. The number of aliphatic hydroxyl groups is 1. The van der Waals surface area contributed by atoms with Crippen LogP contribution in [0.3, 0.4) is 0 Å². The number of nitrogens with zero attached hydrogens (tertiary/aromatic N) is 3. The highest BCUT2D eigenvalue weighted by atomic mass is 35.5. The molecule has 128 valence electrons. The Morgan fingerprint density at radius 3 is 2.79 bits per heavy atom. The number of hydrogen-bond acceptors (Lipinski definition) is 5. The average Bonchev–Trinajstić information content (AvgIpc) is 2.57. The summed E-state index contributed by atoms with van der Waals surface area (Å²) in [5, 5.41) is 10.6. The first-order valence-corrected chi connectivity index (χ1v) is 8.27. The van der Waals surface area contributed by atoms with Crippen LogP contribution in [0, 0.1) is 5.82 Å². The second-order valence-corrected chi connectivity index (χ2v) is 6.25. The number of benzene rings is 1. The SMILES string of the molecule is OC(CN1CCC(Oc2cnccn2)CC1)c1ccc(F)cc1Cl. The van der Waals surface area contributed by atoms with Gasteiger partial charge in [-0.25, -0.2) is 9.37 Å². The largest absolute Gasteiger partial charge is 0.473 e. The molecule has 1 aromatic carbocycles. The van der Waals surface area contributed by atoms with Gasteiger partial charge in [0.05, 0.1) is 12.3 Å². The van der Waals surface area contributed by atoms with Crippen molar-refractivity contribution in [3.63, 3.8) is 0 Å². The number of ether oxygens (including phenoxy) is 1. The van der Waals surface area contributed by atoms with E-state index in [9.17, 15) is 9.50 Å². The Bertz CT molecular complexity index is 666. The fourth-order valence-corrected chi connectivity index (χ4v) is 3.13. The summed E-state index contributed by atoms with van der Waals surface area (Å²) in [5.41, 5.74) is 0.552. The molecule has 0 amide bonds. The van der Waals surface area contributed by atoms with Crippen LogP contribution in [0.2, 0.25) is 5.02 Å². The number of aliphatic hydroxyl groups excluding tert-OH is 1. The Kier molecular flexibility index (Phi) is 5.60. The van der Waals surface area contributed by atoms with Gasteiger partial charge >= 0.3 is 0 Å².